The van der Waals surface area contributed by atoms with Crippen LogP contribution >= 0.6 is 11.6 Å². The topological polar surface area (TPSA) is 55.5 Å². The van der Waals surface area contributed by atoms with Crippen LogP contribution in [0.4, 0.5) is 0 Å². The molecule has 4 heteroatoms. The number of aliphatic hydroxyl groups excluding tert-OH is 1. The van der Waals surface area contributed by atoms with Gasteiger partial charge in [0.15, 0.2) is 0 Å². The van der Waals surface area contributed by atoms with Crippen molar-refractivity contribution in [1.29, 1.82) is 0 Å². The maximum atomic E-state index is 8.93. The summed E-state index contributed by atoms with van der Waals surface area (Å²) < 4.78 is 5.06. The van der Waals surface area contributed by atoms with Gasteiger partial charge < -0.3 is 15.6 Å². The summed E-state index contributed by atoms with van der Waals surface area (Å²) in [5, 5.41) is 9.44. The Balaban J connectivity index is 3.14. The molecule has 0 aliphatic heterocycles. The SMILES string of the molecule is COc1cc(C)c(C(N)CO)cc1Cl. The van der Waals surface area contributed by atoms with E-state index in [1.165, 1.54) is 0 Å². The summed E-state index contributed by atoms with van der Waals surface area (Å²) in [7, 11) is 1.56. The number of halogens is 1. The van der Waals surface area contributed by atoms with Crippen molar-refractivity contribution in [3.05, 3.63) is 28.3 Å². The molecule has 78 valence electrons. The van der Waals surface area contributed by atoms with Gasteiger partial charge in [0.05, 0.1) is 24.8 Å². The summed E-state index contributed by atoms with van der Waals surface area (Å²) in [6.45, 7) is 1.81. The number of nitrogens with two attached hydrogens (primary N) is 1. The molecule has 0 aliphatic carbocycles. The van der Waals surface area contributed by atoms with Gasteiger partial charge in [0, 0.05) is 0 Å². The van der Waals surface area contributed by atoms with Crippen molar-refractivity contribution in [2.45, 2.75) is 13.0 Å². The molecule has 0 radical (unpaired) electrons. The number of ether oxygens (including phenoxy) is 1. The van der Waals surface area contributed by atoms with E-state index in [1.807, 2.05) is 13.0 Å². The van der Waals surface area contributed by atoms with Crippen LogP contribution < -0.4 is 10.5 Å². The van der Waals surface area contributed by atoms with E-state index in [2.05, 4.69) is 0 Å². The zero-order valence-corrected chi connectivity index (χ0v) is 9.01. The molecule has 0 bridgehead atoms. The van der Waals surface area contributed by atoms with Gasteiger partial charge in [-0.25, -0.2) is 0 Å². The first-order valence-electron chi connectivity index (χ1n) is 4.30. The molecule has 0 heterocycles. The van der Waals surface area contributed by atoms with Crippen molar-refractivity contribution in [2.75, 3.05) is 13.7 Å². The molecule has 1 atom stereocenters. The predicted octanol–water partition coefficient (Wildman–Crippen LogP) is 1.65. The van der Waals surface area contributed by atoms with Gasteiger partial charge in [0.25, 0.3) is 0 Å². The van der Waals surface area contributed by atoms with Crippen LogP contribution in [0, 0.1) is 6.92 Å². The summed E-state index contributed by atoms with van der Waals surface area (Å²) in [5.74, 6) is 0.623. The first-order valence-corrected chi connectivity index (χ1v) is 4.68. The number of hydrogen-bond donors (Lipinski definition) is 2. The Morgan fingerprint density at radius 3 is 2.71 bits per heavy atom. The van der Waals surface area contributed by atoms with E-state index in [1.54, 1.807) is 13.2 Å². The summed E-state index contributed by atoms with van der Waals surface area (Å²) in [6.07, 6.45) is 0. The molecule has 0 amide bonds. The Bertz CT molecular complexity index is 328. The second kappa shape index (κ2) is 4.64. The van der Waals surface area contributed by atoms with Crippen LogP contribution in [0.25, 0.3) is 0 Å². The highest BCUT2D eigenvalue weighted by molar-refractivity contribution is 6.32. The van der Waals surface area contributed by atoms with Gasteiger partial charge in [-0.1, -0.05) is 11.6 Å². The van der Waals surface area contributed by atoms with Crippen molar-refractivity contribution < 1.29 is 9.84 Å². The van der Waals surface area contributed by atoms with Gasteiger partial charge >= 0.3 is 0 Å². The standard InChI is InChI=1S/C10H14ClNO2/c1-6-3-10(14-2)8(11)4-7(6)9(12)5-13/h3-4,9,13H,5,12H2,1-2H3. The van der Waals surface area contributed by atoms with Gasteiger partial charge in [-0.05, 0) is 30.2 Å². The summed E-state index contributed by atoms with van der Waals surface area (Å²) in [6, 6.07) is 3.16. The highest BCUT2D eigenvalue weighted by Gasteiger charge is 2.11. The van der Waals surface area contributed by atoms with E-state index < -0.39 is 6.04 Å². The number of rotatable bonds is 3. The van der Waals surface area contributed by atoms with Crippen LogP contribution in [0.3, 0.4) is 0 Å². The van der Waals surface area contributed by atoms with Crippen LogP contribution in [-0.2, 0) is 0 Å². The van der Waals surface area contributed by atoms with E-state index >= 15 is 0 Å². The van der Waals surface area contributed by atoms with Crippen LogP contribution in [0.2, 0.25) is 5.02 Å². The van der Waals surface area contributed by atoms with Gasteiger partial charge in [-0.2, -0.15) is 0 Å². The molecule has 1 aromatic carbocycles. The molecule has 0 saturated heterocycles. The van der Waals surface area contributed by atoms with Crippen LogP contribution in [0.5, 0.6) is 5.75 Å². The Morgan fingerprint density at radius 1 is 1.57 bits per heavy atom. The maximum absolute atomic E-state index is 8.93. The van der Waals surface area contributed by atoms with Crippen molar-refractivity contribution in [3.63, 3.8) is 0 Å². The highest BCUT2D eigenvalue weighted by Crippen LogP contribution is 2.29. The lowest BCUT2D eigenvalue weighted by atomic mass is 10.0. The lowest BCUT2D eigenvalue weighted by molar-refractivity contribution is 0.267. The molecule has 1 aromatic rings. The normalized spacial score (nSPS) is 12.6. The zero-order valence-electron chi connectivity index (χ0n) is 8.25. The van der Waals surface area contributed by atoms with Gasteiger partial charge in [0.1, 0.15) is 5.75 Å². The van der Waals surface area contributed by atoms with Crippen LogP contribution in [0.15, 0.2) is 12.1 Å². The summed E-state index contributed by atoms with van der Waals surface area (Å²) in [5.41, 5.74) is 7.52. The second-order valence-electron chi connectivity index (χ2n) is 3.13. The van der Waals surface area contributed by atoms with Crippen molar-refractivity contribution in [2.24, 2.45) is 5.73 Å². The third-order valence-corrected chi connectivity index (χ3v) is 2.43. The fourth-order valence-corrected chi connectivity index (χ4v) is 1.57. The minimum absolute atomic E-state index is 0.0938. The van der Waals surface area contributed by atoms with Gasteiger partial charge in [-0.15, -0.1) is 0 Å². The molecule has 0 spiro atoms. The quantitative estimate of drug-likeness (QED) is 0.806. The molecular formula is C10H14ClNO2. The van der Waals surface area contributed by atoms with E-state index in [-0.39, 0.29) is 6.61 Å². The minimum atomic E-state index is -0.390. The smallest absolute Gasteiger partial charge is 0.137 e. The van der Waals surface area contributed by atoms with Gasteiger partial charge in [0.2, 0.25) is 0 Å². The van der Waals surface area contributed by atoms with Crippen LogP contribution in [-0.4, -0.2) is 18.8 Å². The molecule has 14 heavy (non-hydrogen) atoms. The molecule has 3 N–H and O–H groups in total. The first kappa shape index (κ1) is 11.3. The molecule has 1 unspecified atom stereocenters. The molecule has 0 aliphatic rings. The highest BCUT2D eigenvalue weighted by atomic mass is 35.5. The molecule has 0 fully saturated rings. The molecular weight excluding hydrogens is 202 g/mol. The second-order valence-corrected chi connectivity index (χ2v) is 3.54. The summed E-state index contributed by atoms with van der Waals surface area (Å²) in [4.78, 5) is 0. The maximum Gasteiger partial charge on any atom is 0.137 e. The first-order chi connectivity index (χ1) is 6.60. The van der Waals surface area contributed by atoms with E-state index in [9.17, 15) is 0 Å². The third kappa shape index (κ3) is 2.18. The third-order valence-electron chi connectivity index (χ3n) is 2.14. The van der Waals surface area contributed by atoms with Gasteiger partial charge in [-0.3, -0.25) is 0 Å². The largest absolute Gasteiger partial charge is 0.495 e. The number of aryl methyl sites for hydroxylation is 1. The number of benzene rings is 1. The lowest BCUT2D eigenvalue weighted by Gasteiger charge is -2.14. The summed E-state index contributed by atoms with van der Waals surface area (Å²) >= 11 is 5.94. The van der Waals surface area contributed by atoms with E-state index in [0.717, 1.165) is 11.1 Å². The monoisotopic (exact) mass is 215 g/mol. The van der Waals surface area contributed by atoms with Crippen molar-refractivity contribution in [1.82, 2.24) is 0 Å². The molecule has 0 saturated carbocycles. The molecule has 0 aromatic heterocycles. The molecule has 3 nitrogen and oxygen atoms in total. The number of methoxy groups -OCH3 is 1. The number of hydrogen-bond acceptors (Lipinski definition) is 3. The Kier molecular flexibility index (Phi) is 3.75. The Morgan fingerprint density at radius 2 is 2.21 bits per heavy atom. The predicted molar refractivity (Wildman–Crippen MR) is 56.8 cm³/mol. The zero-order chi connectivity index (χ0) is 10.7. The Hall–Kier alpha value is -0.770. The van der Waals surface area contributed by atoms with Crippen molar-refractivity contribution in [3.8, 4) is 5.75 Å². The van der Waals surface area contributed by atoms with E-state index in [4.69, 9.17) is 27.2 Å². The fraction of sp³-hybridized carbons (Fsp3) is 0.400. The Labute approximate surface area is 88.4 Å². The minimum Gasteiger partial charge on any atom is -0.495 e. The fourth-order valence-electron chi connectivity index (χ4n) is 1.32. The number of aliphatic hydroxyl groups is 1. The van der Waals surface area contributed by atoms with Crippen LogP contribution in [0.1, 0.15) is 17.2 Å². The molecule has 1 rings (SSSR count). The lowest BCUT2D eigenvalue weighted by Crippen LogP contribution is -2.15. The van der Waals surface area contributed by atoms with Crippen molar-refractivity contribution >= 4 is 11.6 Å². The van der Waals surface area contributed by atoms with E-state index in [0.29, 0.717) is 10.8 Å². The average molecular weight is 216 g/mol. The average Bonchev–Trinajstić information content (AvgIpc) is 2.19.